The van der Waals surface area contributed by atoms with Crippen molar-refractivity contribution in [1.82, 2.24) is 15.5 Å². The van der Waals surface area contributed by atoms with Crippen LogP contribution in [0, 0.1) is 0 Å². The largest absolute Gasteiger partial charge is 0.493 e. The molecule has 0 radical (unpaired) electrons. The number of ether oxygens (including phenoxy) is 1. The second-order valence-electron chi connectivity index (χ2n) is 7.82. The maximum Gasteiger partial charge on any atom is 0.419 e. The molecule has 166 valence electrons. The Balaban J connectivity index is 1.66. The van der Waals surface area contributed by atoms with Crippen molar-refractivity contribution >= 4 is 0 Å². The van der Waals surface area contributed by atoms with Gasteiger partial charge in [-0.1, -0.05) is 44.2 Å². The van der Waals surface area contributed by atoms with Crippen LogP contribution in [0.3, 0.4) is 0 Å². The first-order chi connectivity index (χ1) is 14.5. The number of rotatable bonds is 10. The summed E-state index contributed by atoms with van der Waals surface area (Å²) >= 11 is 0. The van der Waals surface area contributed by atoms with Gasteiger partial charge in [0, 0.05) is 12.1 Å². The molecule has 1 aliphatic rings. The van der Waals surface area contributed by atoms with Crippen LogP contribution in [0.5, 0.6) is 5.75 Å². The smallest absolute Gasteiger partial charge is 0.419 e. The molecule has 0 bridgehead atoms. The number of hydrogen-bond acceptors (Lipinski definition) is 5. The fraction of sp³-hybridized carbons (Fsp3) is 0.636. The molecule has 1 fully saturated rings. The van der Waals surface area contributed by atoms with Gasteiger partial charge in [-0.15, -0.1) is 0 Å². The zero-order chi connectivity index (χ0) is 21.4. The average Bonchev–Trinajstić information content (AvgIpc) is 3.23. The van der Waals surface area contributed by atoms with Crippen molar-refractivity contribution in [2.24, 2.45) is 0 Å². The van der Waals surface area contributed by atoms with Crippen LogP contribution in [-0.4, -0.2) is 29.8 Å². The number of nitrogens with zero attached hydrogens (tertiary/aromatic N) is 2. The van der Waals surface area contributed by atoms with E-state index in [2.05, 4.69) is 22.4 Å². The van der Waals surface area contributed by atoms with E-state index in [1.54, 1.807) is 6.07 Å². The van der Waals surface area contributed by atoms with Crippen molar-refractivity contribution in [3.05, 3.63) is 29.7 Å². The van der Waals surface area contributed by atoms with Gasteiger partial charge < -0.3 is 14.6 Å². The van der Waals surface area contributed by atoms with Crippen LogP contribution in [0.1, 0.15) is 75.7 Å². The molecule has 1 aliphatic heterocycles. The van der Waals surface area contributed by atoms with Gasteiger partial charge in [0.05, 0.1) is 18.1 Å². The van der Waals surface area contributed by atoms with Gasteiger partial charge >= 0.3 is 6.18 Å². The van der Waals surface area contributed by atoms with Crippen molar-refractivity contribution in [3.63, 3.8) is 0 Å². The fourth-order valence-electron chi connectivity index (χ4n) is 3.66. The van der Waals surface area contributed by atoms with E-state index in [0.717, 1.165) is 64.1 Å². The van der Waals surface area contributed by atoms with E-state index in [-0.39, 0.29) is 29.7 Å². The molecule has 0 unspecified atom stereocenters. The van der Waals surface area contributed by atoms with Gasteiger partial charge in [-0.3, -0.25) is 0 Å². The Hall–Kier alpha value is -2.09. The van der Waals surface area contributed by atoms with Crippen molar-refractivity contribution in [2.45, 2.75) is 70.4 Å². The number of benzene rings is 1. The lowest BCUT2D eigenvalue weighted by Crippen LogP contribution is -2.28. The fourth-order valence-corrected chi connectivity index (χ4v) is 3.66. The minimum absolute atomic E-state index is 0.0991. The van der Waals surface area contributed by atoms with Gasteiger partial charge in [0.15, 0.2) is 0 Å². The van der Waals surface area contributed by atoms with Gasteiger partial charge in [-0.05, 0) is 44.0 Å². The van der Waals surface area contributed by atoms with Gasteiger partial charge in [0.2, 0.25) is 11.7 Å². The average molecular weight is 425 g/mol. The lowest BCUT2D eigenvalue weighted by atomic mass is 10.00. The SMILES string of the molecule is CCCCCCCCOc1ccc(-c2noc([C@@H]3CCCNC3)n2)cc1C(F)(F)F. The first-order valence-electron chi connectivity index (χ1n) is 10.9. The number of hydrogen-bond donors (Lipinski definition) is 1. The standard InChI is InChI=1S/C22H30F3N3O2/c1-2-3-4-5-6-7-13-29-19-11-10-16(14-18(19)22(23,24)25)20-27-21(30-28-20)17-9-8-12-26-15-17/h10-11,14,17,26H,2-9,12-13,15H2,1H3/t17-/m1/s1. The van der Waals surface area contributed by atoms with E-state index in [0.29, 0.717) is 5.89 Å². The number of nitrogens with one attached hydrogen (secondary N) is 1. The van der Waals surface area contributed by atoms with E-state index in [9.17, 15) is 13.2 Å². The summed E-state index contributed by atoms with van der Waals surface area (Å²) in [7, 11) is 0. The summed E-state index contributed by atoms with van der Waals surface area (Å²) in [6.45, 7) is 4.11. The molecule has 1 N–H and O–H groups in total. The Labute approximate surface area is 175 Å². The first kappa shape index (κ1) is 22.6. The highest BCUT2D eigenvalue weighted by molar-refractivity contribution is 5.59. The predicted octanol–water partition coefficient (Wildman–Crippen LogP) is 5.96. The Bertz CT molecular complexity index is 786. The van der Waals surface area contributed by atoms with Gasteiger partial charge in [0.1, 0.15) is 5.75 Å². The summed E-state index contributed by atoms with van der Waals surface area (Å²) in [5.41, 5.74) is -0.537. The second kappa shape index (κ2) is 10.8. The second-order valence-corrected chi connectivity index (χ2v) is 7.82. The molecule has 8 heteroatoms. The summed E-state index contributed by atoms with van der Waals surface area (Å²) in [6, 6.07) is 3.96. The van der Waals surface area contributed by atoms with E-state index in [4.69, 9.17) is 9.26 Å². The van der Waals surface area contributed by atoms with Gasteiger partial charge in [-0.2, -0.15) is 18.2 Å². The normalized spacial score (nSPS) is 17.3. The molecule has 0 saturated carbocycles. The number of halogens is 3. The monoisotopic (exact) mass is 425 g/mol. The predicted molar refractivity (Wildman–Crippen MR) is 108 cm³/mol. The van der Waals surface area contributed by atoms with Crippen LogP contribution in [-0.2, 0) is 6.18 Å². The number of alkyl halides is 3. The molecule has 5 nitrogen and oxygen atoms in total. The van der Waals surface area contributed by atoms with Crippen LogP contribution in [0.4, 0.5) is 13.2 Å². The topological polar surface area (TPSA) is 60.2 Å². The van der Waals surface area contributed by atoms with E-state index < -0.39 is 11.7 Å². The lowest BCUT2D eigenvalue weighted by Gasteiger charge is -2.18. The molecule has 1 atom stereocenters. The third-order valence-corrected chi connectivity index (χ3v) is 5.39. The molecule has 1 aromatic carbocycles. The molecule has 0 amide bonds. The van der Waals surface area contributed by atoms with Gasteiger partial charge in [0.25, 0.3) is 0 Å². The number of unbranched alkanes of at least 4 members (excludes halogenated alkanes) is 5. The zero-order valence-electron chi connectivity index (χ0n) is 17.4. The third-order valence-electron chi connectivity index (χ3n) is 5.39. The highest BCUT2D eigenvalue weighted by Crippen LogP contribution is 2.38. The van der Waals surface area contributed by atoms with E-state index in [1.165, 1.54) is 12.5 Å². The Morgan fingerprint density at radius 2 is 1.97 bits per heavy atom. The molecule has 0 spiro atoms. The maximum absolute atomic E-state index is 13.6. The molecule has 1 saturated heterocycles. The van der Waals surface area contributed by atoms with Crippen LogP contribution in [0.15, 0.2) is 22.7 Å². The zero-order valence-corrected chi connectivity index (χ0v) is 17.4. The number of piperidine rings is 1. The maximum atomic E-state index is 13.6. The molecule has 1 aromatic heterocycles. The molecule has 3 rings (SSSR count). The highest BCUT2D eigenvalue weighted by Gasteiger charge is 2.35. The van der Waals surface area contributed by atoms with E-state index >= 15 is 0 Å². The highest BCUT2D eigenvalue weighted by atomic mass is 19.4. The van der Waals surface area contributed by atoms with Crippen LogP contribution >= 0.6 is 0 Å². The lowest BCUT2D eigenvalue weighted by molar-refractivity contribution is -0.138. The molecule has 2 heterocycles. The van der Waals surface area contributed by atoms with Crippen molar-refractivity contribution in [1.29, 1.82) is 0 Å². The minimum Gasteiger partial charge on any atom is -0.493 e. The molecular weight excluding hydrogens is 395 g/mol. The summed E-state index contributed by atoms with van der Waals surface area (Å²) in [5, 5.41) is 7.17. The minimum atomic E-state index is -4.52. The third kappa shape index (κ3) is 6.20. The Kier molecular flexibility index (Phi) is 8.13. The first-order valence-corrected chi connectivity index (χ1v) is 10.9. The number of aromatic nitrogens is 2. The van der Waals surface area contributed by atoms with Crippen LogP contribution < -0.4 is 10.1 Å². The van der Waals surface area contributed by atoms with Crippen LogP contribution in [0.25, 0.3) is 11.4 Å². The van der Waals surface area contributed by atoms with Crippen molar-refractivity contribution < 1.29 is 22.4 Å². The summed E-state index contributed by atoms with van der Waals surface area (Å²) < 4.78 is 51.6. The quantitative estimate of drug-likeness (QED) is 0.476. The molecule has 2 aromatic rings. The molecule has 0 aliphatic carbocycles. The summed E-state index contributed by atoms with van der Waals surface area (Å²) in [5.74, 6) is 0.583. The Morgan fingerprint density at radius 1 is 1.17 bits per heavy atom. The summed E-state index contributed by atoms with van der Waals surface area (Å²) in [4.78, 5) is 4.34. The Morgan fingerprint density at radius 3 is 2.70 bits per heavy atom. The molecule has 30 heavy (non-hydrogen) atoms. The summed E-state index contributed by atoms with van der Waals surface area (Å²) in [6.07, 6.45) is 3.70. The van der Waals surface area contributed by atoms with Gasteiger partial charge in [-0.25, -0.2) is 0 Å². The van der Waals surface area contributed by atoms with E-state index in [1.807, 2.05) is 0 Å². The van der Waals surface area contributed by atoms with Crippen molar-refractivity contribution in [2.75, 3.05) is 19.7 Å². The van der Waals surface area contributed by atoms with Crippen molar-refractivity contribution in [3.8, 4) is 17.1 Å². The van der Waals surface area contributed by atoms with Crippen LogP contribution in [0.2, 0.25) is 0 Å². The molecular formula is C22H30F3N3O2.